The lowest BCUT2D eigenvalue weighted by atomic mass is 10.1. The third-order valence-electron chi connectivity index (χ3n) is 6.46. The van der Waals surface area contributed by atoms with Crippen LogP contribution in [-0.2, 0) is 18.9 Å². The summed E-state index contributed by atoms with van der Waals surface area (Å²) in [4.78, 5) is 28.2. The Morgan fingerprint density at radius 1 is 0.923 bits per heavy atom. The van der Waals surface area contributed by atoms with E-state index in [0.29, 0.717) is 88.5 Å². The number of anilines is 1. The molecule has 0 aromatic carbocycles. The van der Waals surface area contributed by atoms with Crippen LogP contribution in [0.25, 0.3) is 0 Å². The van der Waals surface area contributed by atoms with E-state index in [4.69, 9.17) is 18.9 Å². The standard InChI is InChI=1S/C28H41N5O6/c1-21(2)32-33-26-10-9-22(19-31-26)27(34)29-11-13-36-15-17-38-18-16-37-14-12-30-28(35)39-20-25-23-7-5-3-4-6-8-24(23)25/h9-10,19,23-25H,5-8,11-18,20H2,1-2H3,(H,29,34)(H,30,35)(H,31,33)/t23-,24+,25?. The van der Waals surface area contributed by atoms with Crippen molar-refractivity contribution >= 4 is 23.5 Å². The number of fused-ring (bicyclic) bond motifs is 1. The first kappa shape index (κ1) is 30.3. The van der Waals surface area contributed by atoms with Crippen LogP contribution in [0.15, 0.2) is 23.4 Å². The maximum atomic E-state index is 12.1. The van der Waals surface area contributed by atoms with E-state index in [9.17, 15) is 9.59 Å². The Labute approximate surface area is 230 Å². The molecule has 0 saturated heterocycles. The van der Waals surface area contributed by atoms with Gasteiger partial charge in [0.15, 0.2) is 0 Å². The van der Waals surface area contributed by atoms with E-state index in [-0.39, 0.29) is 5.91 Å². The molecule has 1 heterocycles. The van der Waals surface area contributed by atoms with Crippen molar-refractivity contribution in [3.05, 3.63) is 23.9 Å². The van der Waals surface area contributed by atoms with Crippen molar-refractivity contribution < 1.29 is 28.5 Å². The van der Waals surface area contributed by atoms with Gasteiger partial charge < -0.3 is 29.6 Å². The van der Waals surface area contributed by atoms with Gasteiger partial charge in [-0.2, -0.15) is 5.10 Å². The zero-order chi connectivity index (χ0) is 27.7. The number of aromatic nitrogens is 1. The number of carbonyl (C=O) groups excluding carboxylic acids is 2. The molecular weight excluding hydrogens is 502 g/mol. The molecule has 11 nitrogen and oxygen atoms in total. The van der Waals surface area contributed by atoms with Gasteiger partial charge in [0.1, 0.15) is 5.82 Å². The molecule has 3 atom stereocenters. The zero-order valence-corrected chi connectivity index (χ0v) is 23.0. The molecule has 1 unspecified atom stereocenters. The second-order valence-corrected chi connectivity index (χ2v) is 9.64. The summed E-state index contributed by atoms with van der Waals surface area (Å²) in [6.07, 6.45) is 5.26. The second kappa shape index (κ2) is 17.4. The summed E-state index contributed by atoms with van der Waals surface area (Å²) in [6.45, 7) is 7.47. The first-order valence-electron chi connectivity index (χ1n) is 13.7. The van der Waals surface area contributed by atoms with Crippen LogP contribution in [-0.4, -0.2) is 82.0 Å². The van der Waals surface area contributed by atoms with Crippen LogP contribution in [0, 0.1) is 29.6 Å². The third-order valence-corrected chi connectivity index (χ3v) is 6.46. The number of pyridine rings is 1. The fourth-order valence-electron chi connectivity index (χ4n) is 4.37. The highest BCUT2D eigenvalue weighted by atomic mass is 16.6. The van der Waals surface area contributed by atoms with Gasteiger partial charge in [-0.05, 0) is 56.6 Å². The van der Waals surface area contributed by atoms with Crippen LogP contribution in [0.5, 0.6) is 0 Å². The van der Waals surface area contributed by atoms with Crippen LogP contribution in [0.3, 0.4) is 0 Å². The molecule has 1 aromatic rings. The van der Waals surface area contributed by atoms with Crippen molar-refractivity contribution in [3.8, 4) is 11.8 Å². The number of alkyl carbamates (subject to hydrolysis) is 1. The van der Waals surface area contributed by atoms with Crippen LogP contribution in [0.4, 0.5) is 10.6 Å². The minimum atomic E-state index is -0.390. The summed E-state index contributed by atoms with van der Waals surface area (Å²) in [5, 5.41) is 9.57. The number of rotatable bonds is 17. The summed E-state index contributed by atoms with van der Waals surface area (Å²) < 4.78 is 21.8. The highest BCUT2D eigenvalue weighted by Crippen LogP contribution is 2.52. The topological polar surface area (TPSA) is 132 Å². The van der Waals surface area contributed by atoms with E-state index in [1.807, 2.05) is 13.8 Å². The molecule has 0 radical (unpaired) electrons. The molecule has 39 heavy (non-hydrogen) atoms. The SMILES string of the molecule is CC(C)=NNc1ccc(C(=O)NCCOCCOCCOCCNC(=O)OCC2[C@H]3CCC#CCC[C@@H]23)cn1. The average Bonchev–Trinajstić information content (AvgIpc) is 3.57. The normalized spacial score (nSPS) is 19.3. The van der Waals surface area contributed by atoms with Crippen molar-refractivity contribution in [2.45, 2.75) is 39.5 Å². The smallest absolute Gasteiger partial charge is 0.407 e. The fourth-order valence-corrected chi connectivity index (χ4v) is 4.37. The van der Waals surface area contributed by atoms with Crippen LogP contribution in [0.1, 0.15) is 49.9 Å². The second-order valence-electron chi connectivity index (χ2n) is 9.64. The van der Waals surface area contributed by atoms with Gasteiger partial charge in [-0.15, -0.1) is 11.8 Å². The van der Waals surface area contributed by atoms with E-state index >= 15 is 0 Å². The zero-order valence-electron chi connectivity index (χ0n) is 23.0. The van der Waals surface area contributed by atoms with Gasteiger partial charge in [0.25, 0.3) is 5.91 Å². The molecule has 1 saturated carbocycles. The van der Waals surface area contributed by atoms with E-state index < -0.39 is 6.09 Å². The molecule has 0 aliphatic heterocycles. The number of nitrogens with zero attached hydrogens (tertiary/aromatic N) is 2. The Balaban J connectivity index is 1.07. The molecule has 3 N–H and O–H groups in total. The molecular formula is C28H41N5O6. The third kappa shape index (κ3) is 12.0. The summed E-state index contributed by atoms with van der Waals surface area (Å²) in [6, 6.07) is 3.38. The molecule has 2 aliphatic carbocycles. The summed E-state index contributed by atoms with van der Waals surface area (Å²) in [5.41, 5.74) is 4.15. The molecule has 2 amide bonds. The van der Waals surface area contributed by atoms with E-state index in [2.05, 4.69) is 38.0 Å². The lowest BCUT2D eigenvalue weighted by molar-refractivity contribution is 0.0156. The molecule has 11 heteroatoms. The molecule has 2 aliphatic rings. The Hall–Kier alpha value is -3.20. The van der Waals surface area contributed by atoms with Gasteiger partial charge in [0.05, 0.1) is 51.8 Å². The Morgan fingerprint density at radius 3 is 2.13 bits per heavy atom. The first-order chi connectivity index (χ1) is 19.0. The molecule has 1 fully saturated rings. The van der Waals surface area contributed by atoms with Gasteiger partial charge in [-0.25, -0.2) is 9.78 Å². The average molecular weight is 544 g/mol. The minimum absolute atomic E-state index is 0.217. The van der Waals surface area contributed by atoms with Crippen molar-refractivity contribution in [1.82, 2.24) is 15.6 Å². The van der Waals surface area contributed by atoms with E-state index in [1.165, 1.54) is 6.20 Å². The predicted molar refractivity (Wildman–Crippen MR) is 147 cm³/mol. The van der Waals surface area contributed by atoms with Gasteiger partial charge in [0, 0.05) is 37.8 Å². The van der Waals surface area contributed by atoms with Crippen LogP contribution >= 0.6 is 0 Å². The number of hydrogen-bond donors (Lipinski definition) is 3. The fraction of sp³-hybridized carbons (Fsp3) is 0.643. The minimum Gasteiger partial charge on any atom is -0.449 e. The molecule has 214 valence electrons. The largest absolute Gasteiger partial charge is 0.449 e. The van der Waals surface area contributed by atoms with E-state index in [1.54, 1.807) is 12.1 Å². The molecule has 0 bridgehead atoms. The summed E-state index contributed by atoms with van der Waals surface area (Å²) >= 11 is 0. The Bertz CT molecular complexity index is 968. The highest BCUT2D eigenvalue weighted by molar-refractivity contribution is 5.94. The number of ether oxygens (including phenoxy) is 4. The molecule has 3 rings (SSSR count). The molecule has 1 aromatic heterocycles. The van der Waals surface area contributed by atoms with Crippen molar-refractivity contribution in [2.24, 2.45) is 22.9 Å². The van der Waals surface area contributed by atoms with Crippen molar-refractivity contribution in [1.29, 1.82) is 0 Å². The van der Waals surface area contributed by atoms with E-state index in [0.717, 1.165) is 31.4 Å². The molecule has 0 spiro atoms. The number of nitrogens with one attached hydrogen (secondary N) is 3. The van der Waals surface area contributed by atoms with Crippen LogP contribution in [0.2, 0.25) is 0 Å². The van der Waals surface area contributed by atoms with Gasteiger partial charge in [-0.1, -0.05) is 0 Å². The monoisotopic (exact) mass is 543 g/mol. The first-order valence-corrected chi connectivity index (χ1v) is 13.7. The summed E-state index contributed by atoms with van der Waals surface area (Å²) in [7, 11) is 0. The maximum absolute atomic E-state index is 12.1. The maximum Gasteiger partial charge on any atom is 0.407 e. The number of carbonyl (C=O) groups is 2. The van der Waals surface area contributed by atoms with Gasteiger partial charge >= 0.3 is 6.09 Å². The van der Waals surface area contributed by atoms with Gasteiger partial charge in [-0.3, -0.25) is 10.2 Å². The number of hydrazone groups is 1. The number of hydrogen-bond acceptors (Lipinski definition) is 9. The Kier molecular flexibility index (Phi) is 13.5. The van der Waals surface area contributed by atoms with Crippen LogP contribution < -0.4 is 16.1 Å². The quantitative estimate of drug-likeness (QED) is 0.118. The lowest BCUT2D eigenvalue weighted by Crippen LogP contribution is -2.29. The summed E-state index contributed by atoms with van der Waals surface area (Å²) in [5.74, 6) is 8.57. The van der Waals surface area contributed by atoms with Crippen molar-refractivity contribution in [3.63, 3.8) is 0 Å². The highest BCUT2D eigenvalue weighted by Gasteiger charge is 2.49. The van der Waals surface area contributed by atoms with Gasteiger partial charge in [0.2, 0.25) is 0 Å². The lowest BCUT2D eigenvalue weighted by Gasteiger charge is -2.09. The predicted octanol–water partition coefficient (Wildman–Crippen LogP) is 2.83. The Morgan fingerprint density at radius 2 is 1.54 bits per heavy atom. The number of amides is 2. The van der Waals surface area contributed by atoms with Crippen molar-refractivity contribution in [2.75, 3.05) is 64.8 Å².